The largest absolute Gasteiger partial charge is 0.345 e. The number of hydrogen-bond acceptors (Lipinski definition) is 0. The molecule has 0 atom stereocenters. The Labute approximate surface area is 39.3 Å². The normalized spacial score (nSPS) is 5.75. The van der Waals surface area contributed by atoms with Gasteiger partial charge in [-0.05, 0) is 0 Å². The molecule has 0 unspecified atom stereocenters. The fourth-order valence-electron chi connectivity index (χ4n) is 0. The minimum atomic E-state index is 1.22. The van der Waals surface area contributed by atoms with E-state index in [1.807, 2.05) is 6.08 Å². The van der Waals surface area contributed by atoms with Crippen molar-refractivity contribution in [3.05, 3.63) is 12.7 Å². The van der Waals surface area contributed by atoms with Crippen LogP contribution in [0.2, 0.25) is 4.55 Å². The van der Waals surface area contributed by atoms with E-state index in [1.165, 1.54) is 26.3 Å². The SMILES string of the molecule is C=C[CH2][MgH]. The Morgan fingerprint density at radius 1 is 2.00 bits per heavy atom. The van der Waals surface area contributed by atoms with Crippen LogP contribution in [0.5, 0.6) is 0 Å². The molecular weight excluding hydrogens is 60.3 g/mol. The molecule has 0 rings (SSSR count). The van der Waals surface area contributed by atoms with E-state index in [2.05, 4.69) is 6.58 Å². The van der Waals surface area contributed by atoms with Crippen molar-refractivity contribution in [1.82, 2.24) is 0 Å². The van der Waals surface area contributed by atoms with Crippen molar-refractivity contribution < 1.29 is 0 Å². The van der Waals surface area contributed by atoms with E-state index in [9.17, 15) is 0 Å². The van der Waals surface area contributed by atoms with Crippen molar-refractivity contribution >= 4 is 21.7 Å². The maximum Gasteiger partial charge on any atom is 0.345 e. The molecule has 0 spiro atoms. The Hall–Kier alpha value is 0.506. The third kappa shape index (κ3) is 2.51. The van der Waals surface area contributed by atoms with Crippen molar-refractivity contribution in [3.63, 3.8) is 0 Å². The molecule has 4 heavy (non-hydrogen) atoms. The van der Waals surface area contributed by atoms with Crippen LogP contribution in [0.4, 0.5) is 0 Å². The first-order valence-corrected chi connectivity index (χ1v) is 2.94. The van der Waals surface area contributed by atoms with Gasteiger partial charge in [-0.15, -0.1) is 17.2 Å². The maximum absolute atomic E-state index is 3.51. The van der Waals surface area contributed by atoms with Gasteiger partial charge in [-0.25, -0.2) is 0 Å². The molecule has 0 aliphatic carbocycles. The first-order valence-electron chi connectivity index (χ1n) is 1.52. The fourth-order valence-corrected chi connectivity index (χ4v) is 0. The molecule has 0 N–H and O–H groups in total. The summed E-state index contributed by atoms with van der Waals surface area (Å²) < 4.78 is 1.22. The van der Waals surface area contributed by atoms with E-state index in [4.69, 9.17) is 0 Å². The van der Waals surface area contributed by atoms with E-state index >= 15 is 0 Å². The second-order valence-electron chi connectivity index (χ2n) is 0.697. The highest BCUT2D eigenvalue weighted by Crippen LogP contribution is 1.61. The Bertz CT molecular complexity index is 17.2. The van der Waals surface area contributed by atoms with Crippen LogP contribution in [0.25, 0.3) is 0 Å². The van der Waals surface area contributed by atoms with Gasteiger partial charge in [0.25, 0.3) is 0 Å². The molecule has 0 heterocycles. The molecule has 0 saturated heterocycles. The van der Waals surface area contributed by atoms with Crippen molar-refractivity contribution in [3.8, 4) is 0 Å². The highest BCUT2D eigenvalue weighted by atomic mass is 24.4. The molecule has 0 aromatic heterocycles. The third-order valence-corrected chi connectivity index (χ3v) is 0.866. The van der Waals surface area contributed by atoms with E-state index in [0.717, 1.165) is 0 Å². The van der Waals surface area contributed by atoms with Gasteiger partial charge in [0.1, 0.15) is 0 Å². The summed E-state index contributed by atoms with van der Waals surface area (Å²) in [5, 5.41) is 0. The smallest absolute Gasteiger partial charge is 0.135 e. The lowest BCUT2D eigenvalue weighted by atomic mass is 10.8. The Kier molecular flexibility index (Phi) is 3.95. The molecule has 1 heteroatoms. The lowest BCUT2D eigenvalue weighted by Crippen LogP contribution is -1.47. The average Bonchev–Trinajstić information content (AvgIpc) is 1.37. The average molecular weight is 66.4 g/mol. The van der Waals surface area contributed by atoms with Crippen LogP contribution in [-0.2, 0) is 0 Å². The van der Waals surface area contributed by atoms with Gasteiger partial charge in [0, 0.05) is 0 Å². The van der Waals surface area contributed by atoms with Crippen molar-refractivity contribution in [1.29, 1.82) is 0 Å². The molecule has 0 saturated carbocycles. The maximum atomic E-state index is 3.51. The zero-order valence-electron chi connectivity index (χ0n) is 2.99. The zero-order chi connectivity index (χ0) is 3.41. The number of rotatable bonds is 1. The van der Waals surface area contributed by atoms with Gasteiger partial charge in [0.15, 0.2) is 0 Å². The standard InChI is InChI=1S/C3H5.Mg.H/c1-3-2;;/h3H,1-2H2;;. The van der Waals surface area contributed by atoms with Gasteiger partial charge < -0.3 is 0 Å². The predicted octanol–water partition coefficient (Wildman–Crippen LogP) is 0.491. The molecule has 0 bridgehead atoms. The van der Waals surface area contributed by atoms with Gasteiger partial charge in [0.05, 0.1) is 0 Å². The highest BCUT2D eigenvalue weighted by molar-refractivity contribution is 6.09. The summed E-state index contributed by atoms with van der Waals surface area (Å²) in [4.78, 5) is 0. The van der Waals surface area contributed by atoms with Crippen molar-refractivity contribution in [2.75, 3.05) is 0 Å². The topological polar surface area (TPSA) is 0 Å². The van der Waals surface area contributed by atoms with E-state index in [-0.39, 0.29) is 0 Å². The van der Waals surface area contributed by atoms with Gasteiger partial charge in [0.2, 0.25) is 0 Å². The van der Waals surface area contributed by atoms with Crippen molar-refractivity contribution in [2.45, 2.75) is 4.55 Å². The van der Waals surface area contributed by atoms with Crippen LogP contribution in [0, 0.1) is 0 Å². The van der Waals surface area contributed by atoms with Gasteiger partial charge in [-0.1, -0.05) is 0 Å². The van der Waals surface area contributed by atoms with E-state index in [1.54, 1.807) is 0 Å². The zero-order valence-corrected chi connectivity index (χ0v) is 4.99. The second-order valence-corrected chi connectivity index (χ2v) is 1.51. The molecule has 20 valence electrons. The number of allylic oxidation sites excluding steroid dienone is 1. The quantitative estimate of drug-likeness (QED) is 0.309. The minimum Gasteiger partial charge on any atom is -0.135 e. The molecule has 0 aromatic carbocycles. The van der Waals surface area contributed by atoms with Gasteiger partial charge in [-0.3, -0.25) is 0 Å². The molecular formula is C3H6Mg. The van der Waals surface area contributed by atoms with Crippen LogP contribution in [0.1, 0.15) is 0 Å². The van der Waals surface area contributed by atoms with Crippen LogP contribution in [0.15, 0.2) is 12.7 Å². The third-order valence-electron chi connectivity index (χ3n) is 0.289. The first kappa shape index (κ1) is 4.51. The lowest BCUT2D eigenvalue weighted by molar-refractivity contribution is 1.76. The summed E-state index contributed by atoms with van der Waals surface area (Å²) in [7, 11) is 0. The monoisotopic (exact) mass is 66.0 g/mol. The fraction of sp³-hybridized carbons (Fsp3) is 0.333. The predicted molar refractivity (Wildman–Crippen MR) is 22.2 cm³/mol. The van der Waals surface area contributed by atoms with Gasteiger partial charge in [-0.2, -0.15) is 0 Å². The Morgan fingerprint density at radius 3 is 2.25 bits per heavy atom. The van der Waals surface area contributed by atoms with Crippen LogP contribution >= 0.6 is 0 Å². The number of hydrogen-bond donors (Lipinski definition) is 0. The lowest BCUT2D eigenvalue weighted by Gasteiger charge is -1.56. The minimum absolute atomic E-state index is 1.22. The highest BCUT2D eigenvalue weighted by Gasteiger charge is 1.50. The summed E-state index contributed by atoms with van der Waals surface area (Å²) in [5.74, 6) is 0. The summed E-state index contributed by atoms with van der Waals surface area (Å²) in [6, 6.07) is 0. The van der Waals surface area contributed by atoms with E-state index in [0.29, 0.717) is 0 Å². The molecule has 0 nitrogen and oxygen atoms in total. The first-order chi connectivity index (χ1) is 1.91. The molecule has 0 amide bonds. The Balaban J connectivity index is 2.30. The molecule has 0 aliphatic heterocycles. The molecule has 0 aliphatic rings. The summed E-state index contributed by atoms with van der Waals surface area (Å²) in [6.45, 7) is 3.51. The van der Waals surface area contributed by atoms with Gasteiger partial charge >= 0.3 is 21.7 Å². The van der Waals surface area contributed by atoms with Crippen molar-refractivity contribution in [2.24, 2.45) is 0 Å². The molecule has 0 fully saturated rings. The van der Waals surface area contributed by atoms with Crippen LogP contribution in [-0.4, -0.2) is 21.7 Å². The molecule has 0 radical (unpaired) electrons. The molecule has 0 aromatic rings. The summed E-state index contributed by atoms with van der Waals surface area (Å²) >= 11 is 1.27. The van der Waals surface area contributed by atoms with E-state index < -0.39 is 0 Å². The summed E-state index contributed by atoms with van der Waals surface area (Å²) in [6.07, 6.45) is 1.94. The second kappa shape index (κ2) is 3.51. The summed E-state index contributed by atoms with van der Waals surface area (Å²) in [5.41, 5.74) is 0. The van der Waals surface area contributed by atoms with Crippen LogP contribution in [0.3, 0.4) is 0 Å². The van der Waals surface area contributed by atoms with Crippen LogP contribution < -0.4 is 0 Å². The Morgan fingerprint density at radius 2 is 2.25 bits per heavy atom.